The fourth-order valence-electron chi connectivity index (χ4n) is 7.99. The fraction of sp³-hybridized carbons (Fsp3) is 0.394. The maximum Gasteiger partial charge on any atom is 0.251 e. The molecule has 2 bridgehead atoms. The summed E-state index contributed by atoms with van der Waals surface area (Å²) in [6.07, 6.45) is 5.35. The first-order valence-corrected chi connectivity index (χ1v) is 14.3. The van der Waals surface area contributed by atoms with Gasteiger partial charge in [0, 0.05) is 29.8 Å². The van der Waals surface area contributed by atoms with Gasteiger partial charge in [-0.25, -0.2) is 0 Å². The van der Waals surface area contributed by atoms with E-state index in [9.17, 15) is 9.59 Å². The number of nitrogens with zero attached hydrogens (tertiary/aromatic N) is 1. The highest BCUT2D eigenvalue weighted by atomic mass is 16.2. The molecule has 1 saturated heterocycles. The van der Waals surface area contributed by atoms with Crippen molar-refractivity contribution in [3.05, 3.63) is 102 Å². The highest BCUT2D eigenvalue weighted by molar-refractivity contribution is 5.95. The molecule has 2 amide bonds. The summed E-state index contributed by atoms with van der Waals surface area (Å²) in [4.78, 5) is 30.0. The lowest BCUT2D eigenvalue weighted by atomic mass is 9.61. The van der Waals surface area contributed by atoms with Gasteiger partial charge in [-0.05, 0) is 73.3 Å². The average molecular weight is 506 g/mol. The van der Waals surface area contributed by atoms with Crippen molar-refractivity contribution in [3.63, 3.8) is 0 Å². The lowest BCUT2D eigenvalue weighted by Crippen LogP contribution is -2.58. The fourth-order valence-corrected chi connectivity index (χ4v) is 7.99. The van der Waals surface area contributed by atoms with E-state index < -0.39 is 0 Å². The van der Waals surface area contributed by atoms with Crippen molar-refractivity contribution < 1.29 is 9.59 Å². The van der Waals surface area contributed by atoms with Crippen LogP contribution in [0.15, 0.2) is 84.9 Å². The van der Waals surface area contributed by atoms with Gasteiger partial charge in [0.15, 0.2) is 0 Å². The smallest absolute Gasteiger partial charge is 0.251 e. The Bertz CT molecular complexity index is 1320. The standard InChI is InChI=1S/C33H35N3O2/c37-32(24-11-5-2-6-12-24)35-30-23-17-15-21(16-18-23)28(30)33(38)36-20-19-26-29(22-9-3-1-4-10-22)34-27-14-8-7-13-25(27)31(26)36/h1-14,21,23,26,28-31,34H,15-20H2,(H,35,37)/t21?,23?,26-,28+,29-,30+,31-/m0/s1. The molecule has 8 rings (SSSR count). The first-order chi connectivity index (χ1) is 18.7. The third-order valence-electron chi connectivity index (χ3n) is 9.74. The second-order valence-corrected chi connectivity index (χ2v) is 11.6. The van der Waals surface area contributed by atoms with Crippen LogP contribution >= 0.6 is 0 Å². The molecule has 3 saturated carbocycles. The summed E-state index contributed by atoms with van der Waals surface area (Å²) in [5, 5.41) is 7.16. The van der Waals surface area contributed by atoms with E-state index in [2.05, 4.69) is 70.1 Å². The number of fused-ring (bicyclic) bond motifs is 6. The Hall–Kier alpha value is -3.60. The van der Waals surface area contributed by atoms with Gasteiger partial charge in [0.2, 0.25) is 5.91 Å². The minimum atomic E-state index is -0.147. The minimum absolute atomic E-state index is 0.0519. The number of nitrogens with one attached hydrogen (secondary N) is 2. The SMILES string of the molecule is O=C(N[C@@H]1C2CCC(CC2)[C@H]1C(=O)N1CC[C@H]2[C@H](c3ccccc3)Nc3ccccc3[C@@H]21)c1ccccc1. The average Bonchev–Trinajstić information content (AvgIpc) is 3.43. The number of para-hydroxylation sites is 1. The van der Waals surface area contributed by atoms with E-state index >= 15 is 0 Å². The Kier molecular flexibility index (Phi) is 5.95. The molecule has 3 aliphatic carbocycles. The van der Waals surface area contributed by atoms with E-state index in [0.717, 1.165) is 44.3 Å². The normalized spacial score (nSPS) is 31.2. The zero-order chi connectivity index (χ0) is 25.6. The van der Waals surface area contributed by atoms with Crippen LogP contribution in [0, 0.1) is 23.7 Å². The number of carbonyl (C=O) groups excluding carboxylic acids is 2. The van der Waals surface area contributed by atoms with Crippen LogP contribution in [0.25, 0.3) is 0 Å². The Labute approximate surface area is 224 Å². The van der Waals surface area contributed by atoms with Crippen LogP contribution in [0.5, 0.6) is 0 Å². The Morgan fingerprint density at radius 3 is 2.18 bits per heavy atom. The number of anilines is 1. The Balaban J connectivity index is 1.21. The van der Waals surface area contributed by atoms with E-state index in [-0.39, 0.29) is 35.9 Å². The van der Waals surface area contributed by atoms with E-state index in [1.807, 2.05) is 30.3 Å². The zero-order valence-corrected chi connectivity index (χ0v) is 21.6. The van der Waals surface area contributed by atoms with Gasteiger partial charge >= 0.3 is 0 Å². The molecule has 2 heterocycles. The summed E-state index contributed by atoms with van der Waals surface area (Å²) in [7, 11) is 0. The summed E-state index contributed by atoms with van der Waals surface area (Å²) < 4.78 is 0. The van der Waals surface area contributed by atoms with Crippen molar-refractivity contribution in [1.29, 1.82) is 0 Å². The van der Waals surface area contributed by atoms with Crippen LogP contribution in [-0.2, 0) is 4.79 Å². The summed E-state index contributed by atoms with van der Waals surface area (Å²) in [5.74, 6) is 1.07. The number of carbonyl (C=O) groups is 2. The zero-order valence-electron chi connectivity index (χ0n) is 21.6. The molecule has 0 unspecified atom stereocenters. The van der Waals surface area contributed by atoms with Crippen LogP contribution < -0.4 is 10.6 Å². The molecule has 5 heteroatoms. The van der Waals surface area contributed by atoms with Crippen LogP contribution in [-0.4, -0.2) is 29.3 Å². The molecular weight excluding hydrogens is 470 g/mol. The van der Waals surface area contributed by atoms with Crippen molar-refractivity contribution in [2.24, 2.45) is 23.7 Å². The van der Waals surface area contributed by atoms with Crippen molar-refractivity contribution >= 4 is 17.5 Å². The third kappa shape index (κ3) is 3.91. The number of amides is 2. The molecule has 5 nitrogen and oxygen atoms in total. The first-order valence-electron chi connectivity index (χ1n) is 14.3. The number of rotatable bonds is 4. The second kappa shape index (κ2) is 9.61. The lowest BCUT2D eigenvalue weighted by Gasteiger charge is -2.50. The first kappa shape index (κ1) is 23.5. The third-order valence-corrected chi connectivity index (χ3v) is 9.74. The molecule has 3 aromatic rings. The van der Waals surface area contributed by atoms with Crippen LogP contribution in [0.3, 0.4) is 0 Å². The highest BCUT2D eigenvalue weighted by Gasteiger charge is 2.53. The Morgan fingerprint density at radius 2 is 1.42 bits per heavy atom. The monoisotopic (exact) mass is 505 g/mol. The Morgan fingerprint density at radius 1 is 0.763 bits per heavy atom. The van der Waals surface area contributed by atoms with Crippen molar-refractivity contribution in [3.8, 4) is 0 Å². The summed E-state index contributed by atoms with van der Waals surface area (Å²) >= 11 is 0. The molecular formula is C33H35N3O2. The molecule has 194 valence electrons. The van der Waals surface area contributed by atoms with E-state index in [1.54, 1.807) is 0 Å². The topological polar surface area (TPSA) is 61.4 Å². The summed E-state index contributed by atoms with van der Waals surface area (Å²) in [6.45, 7) is 0.765. The summed E-state index contributed by atoms with van der Waals surface area (Å²) in [6, 6.07) is 28.7. The minimum Gasteiger partial charge on any atom is -0.378 e. The molecule has 5 atom stereocenters. The molecule has 0 radical (unpaired) electrons. The van der Waals surface area contributed by atoms with E-state index in [0.29, 0.717) is 23.3 Å². The molecule has 2 aliphatic heterocycles. The predicted molar refractivity (Wildman–Crippen MR) is 148 cm³/mol. The van der Waals surface area contributed by atoms with Gasteiger partial charge in [-0.1, -0.05) is 66.7 Å². The number of hydrogen-bond acceptors (Lipinski definition) is 3. The van der Waals surface area contributed by atoms with Gasteiger partial charge in [-0.3, -0.25) is 9.59 Å². The van der Waals surface area contributed by atoms with Gasteiger partial charge in [0.25, 0.3) is 5.91 Å². The second-order valence-electron chi connectivity index (χ2n) is 11.6. The maximum atomic E-state index is 14.6. The molecule has 0 spiro atoms. The van der Waals surface area contributed by atoms with Gasteiger partial charge in [-0.2, -0.15) is 0 Å². The predicted octanol–water partition coefficient (Wildman–Crippen LogP) is 5.98. The van der Waals surface area contributed by atoms with Gasteiger partial charge in [0.05, 0.1) is 18.0 Å². The van der Waals surface area contributed by atoms with Crippen LogP contribution in [0.4, 0.5) is 5.69 Å². The number of benzene rings is 3. The van der Waals surface area contributed by atoms with E-state index in [4.69, 9.17) is 0 Å². The molecule has 38 heavy (non-hydrogen) atoms. The van der Waals surface area contributed by atoms with Gasteiger partial charge in [-0.15, -0.1) is 0 Å². The largest absolute Gasteiger partial charge is 0.378 e. The maximum absolute atomic E-state index is 14.6. The molecule has 4 fully saturated rings. The lowest BCUT2D eigenvalue weighted by molar-refractivity contribution is -0.144. The summed E-state index contributed by atoms with van der Waals surface area (Å²) in [5.41, 5.74) is 4.29. The van der Waals surface area contributed by atoms with Crippen molar-refractivity contribution in [1.82, 2.24) is 10.2 Å². The van der Waals surface area contributed by atoms with Gasteiger partial charge in [0.1, 0.15) is 0 Å². The van der Waals surface area contributed by atoms with Crippen molar-refractivity contribution in [2.45, 2.75) is 50.2 Å². The van der Waals surface area contributed by atoms with Crippen molar-refractivity contribution in [2.75, 3.05) is 11.9 Å². The molecule has 0 aromatic heterocycles. The van der Waals surface area contributed by atoms with Crippen LogP contribution in [0.2, 0.25) is 0 Å². The van der Waals surface area contributed by atoms with E-state index in [1.165, 1.54) is 11.1 Å². The molecule has 2 N–H and O–H groups in total. The quantitative estimate of drug-likeness (QED) is 0.459. The molecule has 3 aromatic carbocycles. The van der Waals surface area contributed by atoms with Gasteiger partial charge < -0.3 is 15.5 Å². The number of likely N-dealkylation sites (tertiary alicyclic amines) is 1. The highest BCUT2D eigenvalue weighted by Crippen LogP contribution is 2.53. The van der Waals surface area contributed by atoms with Crippen LogP contribution in [0.1, 0.15) is 65.7 Å². The number of hydrogen-bond donors (Lipinski definition) is 2. The molecule has 5 aliphatic rings.